The molecule has 0 radical (unpaired) electrons. The molecule has 0 aliphatic carbocycles. The summed E-state index contributed by atoms with van der Waals surface area (Å²) in [7, 11) is 0. The molecule has 0 N–H and O–H groups in total. The van der Waals surface area contributed by atoms with E-state index in [1.807, 2.05) is 13.8 Å². The van der Waals surface area contributed by atoms with Crippen LogP contribution >= 0.6 is 0 Å². The Labute approximate surface area is 169 Å². The molecule has 0 spiro atoms. The minimum absolute atomic E-state index is 0.112. The first-order valence-electron chi connectivity index (χ1n) is 12.0. The molecule has 1 unspecified atom stereocenters. The van der Waals surface area contributed by atoms with Gasteiger partial charge < -0.3 is 14.2 Å². The number of hydrogen-bond donors (Lipinski definition) is 0. The standard InChI is InChI=1S/C24H48O3/c1-4-5-6-7-8-9-10-11-12-13-14-15-16-17-18-19-20-25-21-23-22-26-24(2,3)27-23/h23H,4-22H2,1-3H3/i21+2,22+2,23+2. The van der Waals surface area contributed by atoms with Gasteiger partial charge in [0.15, 0.2) is 5.79 Å². The second-order valence-corrected chi connectivity index (χ2v) is 8.83. The smallest absolute Gasteiger partial charge is 0.163 e. The van der Waals surface area contributed by atoms with Crippen LogP contribution in [0.4, 0.5) is 0 Å². The Bertz CT molecular complexity index is 317. The summed E-state index contributed by atoms with van der Waals surface area (Å²) in [6.45, 7) is 8.40. The first kappa shape index (κ1) is 24.9. The predicted octanol–water partition coefficient (Wildman–Crippen LogP) is 7.42. The fourth-order valence-corrected chi connectivity index (χ4v) is 3.81. The molecule has 1 saturated heterocycles. The van der Waals surface area contributed by atoms with Crippen LogP contribution in [0.2, 0.25) is 0 Å². The Hall–Kier alpha value is -0.120. The van der Waals surface area contributed by atoms with Gasteiger partial charge in [-0.05, 0) is 20.3 Å². The topological polar surface area (TPSA) is 27.7 Å². The van der Waals surface area contributed by atoms with Crippen LogP contribution in [0, 0.1) is 0 Å². The molecular weight excluding hydrogens is 342 g/mol. The van der Waals surface area contributed by atoms with E-state index < -0.39 is 5.79 Å². The van der Waals surface area contributed by atoms with Crippen molar-refractivity contribution < 1.29 is 14.2 Å². The van der Waals surface area contributed by atoms with Crippen LogP contribution in [0.1, 0.15) is 124 Å². The molecule has 0 bridgehead atoms. The molecule has 162 valence electrons. The Morgan fingerprint density at radius 2 is 1.19 bits per heavy atom. The van der Waals surface area contributed by atoms with Crippen molar-refractivity contribution in [2.24, 2.45) is 0 Å². The van der Waals surface area contributed by atoms with E-state index in [1.165, 1.54) is 103 Å². The summed E-state index contributed by atoms with van der Waals surface area (Å²) in [5.74, 6) is -0.428. The van der Waals surface area contributed by atoms with E-state index in [2.05, 4.69) is 6.92 Å². The van der Waals surface area contributed by atoms with E-state index in [0.29, 0.717) is 13.2 Å². The molecule has 0 saturated carbocycles. The van der Waals surface area contributed by atoms with Crippen LogP contribution in [0.5, 0.6) is 0 Å². The molecule has 3 heteroatoms. The van der Waals surface area contributed by atoms with Crippen LogP contribution in [0.25, 0.3) is 0 Å². The van der Waals surface area contributed by atoms with Crippen LogP contribution < -0.4 is 0 Å². The molecule has 3 nitrogen and oxygen atoms in total. The van der Waals surface area contributed by atoms with E-state index in [9.17, 15) is 0 Å². The second kappa shape index (κ2) is 16.8. The fraction of sp³-hybridized carbons (Fsp3) is 1.00. The van der Waals surface area contributed by atoms with Gasteiger partial charge in [0.2, 0.25) is 0 Å². The molecule has 0 aromatic rings. The summed E-state index contributed by atoms with van der Waals surface area (Å²) in [5, 5.41) is 0. The quantitative estimate of drug-likeness (QED) is 0.215. The zero-order valence-corrected chi connectivity index (χ0v) is 18.7. The summed E-state index contributed by atoms with van der Waals surface area (Å²) < 4.78 is 17.0. The molecule has 27 heavy (non-hydrogen) atoms. The van der Waals surface area contributed by atoms with Crippen LogP contribution in [-0.2, 0) is 14.2 Å². The van der Waals surface area contributed by atoms with Crippen molar-refractivity contribution in [3.63, 3.8) is 0 Å². The molecule has 1 aliphatic heterocycles. The van der Waals surface area contributed by atoms with Gasteiger partial charge in [0, 0.05) is 6.61 Å². The lowest BCUT2D eigenvalue weighted by Gasteiger charge is -2.17. The maximum absolute atomic E-state index is 5.73. The summed E-state index contributed by atoms with van der Waals surface area (Å²) in [6.07, 6.45) is 22.6. The van der Waals surface area contributed by atoms with Crippen molar-refractivity contribution in [2.45, 2.75) is 135 Å². The van der Waals surface area contributed by atoms with E-state index in [1.54, 1.807) is 0 Å². The normalized spacial score (nSPS) is 19.0. The van der Waals surface area contributed by atoms with Gasteiger partial charge in [0.1, 0.15) is 6.10 Å². The van der Waals surface area contributed by atoms with Gasteiger partial charge in [-0.15, -0.1) is 0 Å². The largest absolute Gasteiger partial charge is 0.379 e. The van der Waals surface area contributed by atoms with Gasteiger partial charge in [-0.25, -0.2) is 0 Å². The highest BCUT2D eigenvalue weighted by molar-refractivity contribution is 4.70. The third kappa shape index (κ3) is 15.5. The van der Waals surface area contributed by atoms with Gasteiger partial charge in [-0.3, -0.25) is 0 Å². The molecule has 0 aromatic carbocycles. The van der Waals surface area contributed by atoms with Crippen molar-refractivity contribution in [3.05, 3.63) is 0 Å². The van der Waals surface area contributed by atoms with Crippen molar-refractivity contribution >= 4 is 0 Å². The Morgan fingerprint density at radius 3 is 1.59 bits per heavy atom. The van der Waals surface area contributed by atoms with Crippen molar-refractivity contribution in [1.29, 1.82) is 0 Å². The molecule has 1 aliphatic rings. The zero-order chi connectivity index (χ0) is 19.6. The molecule has 0 amide bonds. The molecule has 1 atom stereocenters. The lowest BCUT2D eigenvalue weighted by Crippen LogP contribution is -2.24. The first-order valence-corrected chi connectivity index (χ1v) is 12.0. The average molecular weight is 391 g/mol. The number of ether oxygens (including phenoxy) is 3. The maximum atomic E-state index is 5.73. The van der Waals surface area contributed by atoms with Crippen molar-refractivity contribution in [1.82, 2.24) is 0 Å². The van der Waals surface area contributed by atoms with Gasteiger partial charge in [0.05, 0.1) is 13.2 Å². The average Bonchev–Trinajstić information content (AvgIpc) is 2.99. The van der Waals surface area contributed by atoms with Gasteiger partial charge in [0.25, 0.3) is 0 Å². The van der Waals surface area contributed by atoms with Crippen LogP contribution in [0.15, 0.2) is 0 Å². The lowest BCUT2D eigenvalue weighted by molar-refractivity contribution is -0.145. The Morgan fingerprint density at radius 1 is 0.741 bits per heavy atom. The SMILES string of the molecule is CCCCCCCCCCCCCCCCCCO[14CH2][14CH]1[14CH2]OC(C)(C)O1. The summed E-state index contributed by atoms with van der Waals surface area (Å²) in [5.41, 5.74) is 0. The molecule has 1 fully saturated rings. The fourth-order valence-electron chi connectivity index (χ4n) is 3.81. The van der Waals surface area contributed by atoms with Crippen molar-refractivity contribution in [2.75, 3.05) is 19.8 Å². The number of rotatable bonds is 19. The molecule has 1 rings (SSSR count). The van der Waals surface area contributed by atoms with E-state index >= 15 is 0 Å². The van der Waals surface area contributed by atoms with Crippen LogP contribution in [-0.4, -0.2) is 31.7 Å². The number of hydrogen-bond acceptors (Lipinski definition) is 3. The Kier molecular flexibility index (Phi) is 15.5. The predicted molar refractivity (Wildman–Crippen MR) is 115 cm³/mol. The second-order valence-electron chi connectivity index (χ2n) is 8.83. The minimum atomic E-state index is -0.428. The summed E-state index contributed by atoms with van der Waals surface area (Å²) in [6, 6.07) is 0. The third-order valence-electron chi connectivity index (χ3n) is 5.51. The first-order chi connectivity index (χ1) is 13.1. The monoisotopic (exact) mass is 390 g/mol. The van der Waals surface area contributed by atoms with Gasteiger partial charge in [-0.1, -0.05) is 103 Å². The highest BCUT2D eigenvalue weighted by atomic mass is 17.0. The molecule has 0 aromatic heterocycles. The Balaban J connectivity index is 1.68. The minimum Gasteiger partial charge on any atom is -0.379 e. The highest BCUT2D eigenvalue weighted by Crippen LogP contribution is 2.22. The van der Waals surface area contributed by atoms with Crippen molar-refractivity contribution in [3.8, 4) is 0 Å². The van der Waals surface area contributed by atoms with E-state index in [0.717, 1.165) is 6.61 Å². The zero-order valence-electron chi connectivity index (χ0n) is 18.7. The number of unbranched alkanes of at least 4 members (excludes halogenated alkanes) is 15. The lowest BCUT2D eigenvalue weighted by atomic mass is 10.0. The molecule has 1 heterocycles. The summed E-state index contributed by atoms with van der Waals surface area (Å²) in [4.78, 5) is 0. The van der Waals surface area contributed by atoms with Gasteiger partial charge in [-0.2, -0.15) is 0 Å². The highest BCUT2D eigenvalue weighted by Gasteiger charge is 2.32. The summed E-state index contributed by atoms with van der Waals surface area (Å²) >= 11 is 0. The third-order valence-corrected chi connectivity index (χ3v) is 5.51. The molecular formula is C24H48O3. The van der Waals surface area contributed by atoms with E-state index in [-0.39, 0.29) is 6.10 Å². The van der Waals surface area contributed by atoms with Crippen LogP contribution in [0.3, 0.4) is 0 Å². The maximum Gasteiger partial charge on any atom is 0.163 e. The van der Waals surface area contributed by atoms with E-state index in [4.69, 9.17) is 14.2 Å². The van der Waals surface area contributed by atoms with Gasteiger partial charge >= 0.3 is 0 Å².